The summed E-state index contributed by atoms with van der Waals surface area (Å²) in [6, 6.07) is 0. The fourth-order valence-corrected chi connectivity index (χ4v) is 3.00. The highest BCUT2D eigenvalue weighted by Gasteiger charge is 2.20. The van der Waals surface area contributed by atoms with E-state index in [4.69, 9.17) is 5.73 Å². The van der Waals surface area contributed by atoms with Gasteiger partial charge in [0.25, 0.3) is 0 Å². The quantitative estimate of drug-likeness (QED) is 0.644. The third kappa shape index (κ3) is 7.52. The maximum absolute atomic E-state index is 11.1. The zero-order chi connectivity index (χ0) is 14.3. The van der Waals surface area contributed by atoms with Gasteiger partial charge >= 0.3 is 0 Å². The number of allylic oxidation sites excluding steroid dienone is 1. The average molecular weight is 253 g/mol. The number of carbonyl (C=O) groups excluding carboxylic acids is 1. The number of rotatable bonds is 8. The molecule has 0 aromatic rings. The van der Waals surface area contributed by atoms with Gasteiger partial charge in [-0.25, -0.2) is 0 Å². The molecule has 0 radical (unpaired) electrons. The van der Waals surface area contributed by atoms with Crippen molar-refractivity contribution < 1.29 is 4.79 Å². The molecule has 0 saturated heterocycles. The fourth-order valence-electron chi connectivity index (χ4n) is 3.00. The molecule has 2 N–H and O–H groups in total. The summed E-state index contributed by atoms with van der Waals surface area (Å²) in [6.45, 7) is 13.0. The van der Waals surface area contributed by atoms with Crippen molar-refractivity contribution in [1.29, 1.82) is 0 Å². The third-order valence-electron chi connectivity index (χ3n) is 3.46. The van der Waals surface area contributed by atoms with Crippen molar-refractivity contribution >= 4 is 5.91 Å². The molecule has 106 valence electrons. The van der Waals surface area contributed by atoms with Crippen molar-refractivity contribution in [3.05, 3.63) is 11.6 Å². The van der Waals surface area contributed by atoms with Crippen LogP contribution < -0.4 is 5.73 Å². The van der Waals surface area contributed by atoms with Gasteiger partial charge in [0.05, 0.1) is 0 Å². The average Bonchev–Trinajstić information content (AvgIpc) is 2.14. The molecule has 0 aliphatic carbocycles. The van der Waals surface area contributed by atoms with Crippen molar-refractivity contribution in [2.24, 2.45) is 23.0 Å². The van der Waals surface area contributed by atoms with Crippen molar-refractivity contribution in [3.63, 3.8) is 0 Å². The minimum atomic E-state index is -0.310. The number of carbonyl (C=O) groups is 1. The molecule has 0 saturated carbocycles. The van der Waals surface area contributed by atoms with Crippen LogP contribution in [0.25, 0.3) is 0 Å². The lowest BCUT2D eigenvalue weighted by Gasteiger charge is -2.27. The second-order valence-corrected chi connectivity index (χ2v) is 6.62. The van der Waals surface area contributed by atoms with E-state index in [0.717, 1.165) is 12.3 Å². The Bertz CT molecular complexity index is 291. The minimum absolute atomic E-state index is 0.0461. The molecule has 0 heterocycles. The Kier molecular flexibility index (Phi) is 7.27. The zero-order valence-electron chi connectivity index (χ0n) is 13.0. The zero-order valence-corrected chi connectivity index (χ0v) is 13.0. The second-order valence-electron chi connectivity index (χ2n) is 6.62. The van der Waals surface area contributed by atoms with E-state index in [1.54, 1.807) is 6.92 Å². The van der Waals surface area contributed by atoms with Crippen LogP contribution in [0.5, 0.6) is 0 Å². The summed E-state index contributed by atoms with van der Waals surface area (Å²) in [5.74, 6) is 1.16. The first-order valence-corrected chi connectivity index (χ1v) is 7.17. The van der Waals surface area contributed by atoms with E-state index < -0.39 is 0 Å². The van der Waals surface area contributed by atoms with Crippen molar-refractivity contribution in [1.82, 2.24) is 0 Å². The van der Waals surface area contributed by atoms with E-state index in [0.29, 0.717) is 11.5 Å². The summed E-state index contributed by atoms with van der Waals surface area (Å²) in [5.41, 5.74) is 6.01. The highest BCUT2D eigenvalue weighted by atomic mass is 16.1. The van der Waals surface area contributed by atoms with Crippen LogP contribution in [-0.4, -0.2) is 5.91 Å². The van der Waals surface area contributed by atoms with Gasteiger partial charge in [0, 0.05) is 5.57 Å². The Morgan fingerprint density at radius 2 is 1.83 bits per heavy atom. The highest BCUT2D eigenvalue weighted by molar-refractivity contribution is 5.91. The lowest BCUT2D eigenvalue weighted by Crippen LogP contribution is -2.19. The van der Waals surface area contributed by atoms with E-state index in [9.17, 15) is 4.79 Å². The molecular weight excluding hydrogens is 222 g/mol. The lowest BCUT2D eigenvalue weighted by molar-refractivity contribution is -0.114. The van der Waals surface area contributed by atoms with Crippen LogP contribution in [0.4, 0.5) is 0 Å². The Morgan fingerprint density at radius 3 is 2.28 bits per heavy atom. The summed E-state index contributed by atoms with van der Waals surface area (Å²) in [4.78, 5) is 11.1. The highest BCUT2D eigenvalue weighted by Crippen LogP contribution is 2.31. The van der Waals surface area contributed by atoms with Gasteiger partial charge in [0.1, 0.15) is 0 Å². The van der Waals surface area contributed by atoms with Gasteiger partial charge in [-0.1, -0.05) is 53.5 Å². The first kappa shape index (κ1) is 17.2. The van der Waals surface area contributed by atoms with Gasteiger partial charge in [-0.3, -0.25) is 4.79 Å². The molecule has 0 rings (SSSR count). The predicted octanol–water partition coefficient (Wildman–Crippen LogP) is 4.30. The topological polar surface area (TPSA) is 43.1 Å². The lowest BCUT2D eigenvalue weighted by atomic mass is 9.79. The normalized spacial score (nSPS) is 16.4. The van der Waals surface area contributed by atoms with Crippen LogP contribution in [0.3, 0.4) is 0 Å². The summed E-state index contributed by atoms with van der Waals surface area (Å²) >= 11 is 0. The molecule has 18 heavy (non-hydrogen) atoms. The molecule has 0 aromatic heterocycles. The fraction of sp³-hybridized carbons (Fsp3) is 0.812. The Balaban J connectivity index is 4.39. The van der Waals surface area contributed by atoms with Crippen molar-refractivity contribution in [2.75, 3.05) is 0 Å². The molecule has 2 atom stereocenters. The van der Waals surface area contributed by atoms with E-state index in [1.807, 2.05) is 6.08 Å². The number of amides is 1. The van der Waals surface area contributed by atoms with Gasteiger partial charge < -0.3 is 5.73 Å². The molecule has 0 aromatic carbocycles. The predicted molar refractivity (Wildman–Crippen MR) is 79.2 cm³/mol. The molecule has 2 nitrogen and oxygen atoms in total. The molecule has 2 heteroatoms. The molecule has 1 amide bonds. The molecular formula is C16H31NO. The molecule has 0 fully saturated rings. The van der Waals surface area contributed by atoms with E-state index in [-0.39, 0.29) is 11.3 Å². The first-order chi connectivity index (χ1) is 8.18. The Labute approximate surface area is 113 Å². The summed E-state index contributed by atoms with van der Waals surface area (Å²) in [7, 11) is 0. The number of hydrogen-bond acceptors (Lipinski definition) is 1. The van der Waals surface area contributed by atoms with Gasteiger partial charge in [-0.15, -0.1) is 0 Å². The molecule has 0 aliphatic heterocycles. The minimum Gasteiger partial charge on any atom is -0.366 e. The maximum Gasteiger partial charge on any atom is 0.244 e. The van der Waals surface area contributed by atoms with Crippen LogP contribution in [0.2, 0.25) is 0 Å². The van der Waals surface area contributed by atoms with Crippen LogP contribution in [-0.2, 0) is 4.79 Å². The standard InChI is InChI=1S/C16H31NO/c1-7-8-12(2)9-13(3)10-16(5,6)11-14(4)15(17)18/h11-13H,7-10H2,1-6H3,(H2,17,18)/b14-11+. The number of hydrogen-bond donors (Lipinski definition) is 1. The maximum atomic E-state index is 11.1. The third-order valence-corrected chi connectivity index (χ3v) is 3.46. The number of nitrogens with two attached hydrogens (primary N) is 1. The summed E-state index contributed by atoms with van der Waals surface area (Å²) < 4.78 is 0. The van der Waals surface area contributed by atoms with E-state index in [2.05, 4.69) is 34.6 Å². The van der Waals surface area contributed by atoms with Crippen LogP contribution in [0, 0.1) is 17.3 Å². The van der Waals surface area contributed by atoms with E-state index >= 15 is 0 Å². The molecule has 0 aliphatic rings. The monoisotopic (exact) mass is 253 g/mol. The number of primary amides is 1. The van der Waals surface area contributed by atoms with Crippen LogP contribution in [0.15, 0.2) is 11.6 Å². The summed E-state index contributed by atoms with van der Waals surface area (Å²) in [5, 5.41) is 0. The van der Waals surface area contributed by atoms with Gasteiger partial charge in [0.15, 0.2) is 0 Å². The summed E-state index contributed by atoms with van der Waals surface area (Å²) in [6.07, 6.45) is 6.96. The van der Waals surface area contributed by atoms with Crippen LogP contribution >= 0.6 is 0 Å². The van der Waals surface area contributed by atoms with Crippen LogP contribution in [0.1, 0.15) is 67.2 Å². The van der Waals surface area contributed by atoms with Gasteiger partial charge in [0.2, 0.25) is 5.91 Å². The Hall–Kier alpha value is -0.790. The first-order valence-electron chi connectivity index (χ1n) is 7.17. The smallest absolute Gasteiger partial charge is 0.244 e. The molecule has 0 bridgehead atoms. The largest absolute Gasteiger partial charge is 0.366 e. The van der Waals surface area contributed by atoms with Gasteiger partial charge in [-0.05, 0) is 37.0 Å². The van der Waals surface area contributed by atoms with Crippen molar-refractivity contribution in [3.8, 4) is 0 Å². The van der Waals surface area contributed by atoms with Crippen molar-refractivity contribution in [2.45, 2.75) is 67.2 Å². The van der Waals surface area contributed by atoms with E-state index in [1.165, 1.54) is 19.3 Å². The van der Waals surface area contributed by atoms with Gasteiger partial charge in [-0.2, -0.15) is 0 Å². The second kappa shape index (κ2) is 7.60. The molecule has 0 spiro atoms. The SMILES string of the molecule is CCCC(C)CC(C)CC(C)(C)/C=C(\C)C(N)=O. The Morgan fingerprint density at radius 1 is 1.28 bits per heavy atom. The molecule has 2 unspecified atom stereocenters.